The Hall–Kier alpha value is 0.270. The van der Waals surface area contributed by atoms with Crippen LogP contribution < -0.4 is 5.32 Å². The lowest BCUT2D eigenvalue weighted by Crippen LogP contribution is -2.51. The van der Waals surface area contributed by atoms with Gasteiger partial charge in [-0.05, 0) is 51.9 Å². The molecule has 4 rings (SSSR count). The van der Waals surface area contributed by atoms with Crippen LogP contribution in [-0.2, 0) is 0 Å². The number of hydrogen-bond donors (Lipinski definition) is 1. The Bertz CT molecular complexity index is 332. The van der Waals surface area contributed by atoms with Crippen molar-refractivity contribution in [3.63, 3.8) is 0 Å². The van der Waals surface area contributed by atoms with Crippen LogP contribution in [0, 0.1) is 0 Å². The maximum absolute atomic E-state index is 4.05. The lowest BCUT2D eigenvalue weighted by atomic mass is 10.3. The van der Waals surface area contributed by atoms with Crippen LogP contribution in [0.1, 0.15) is 58.3 Å². The van der Waals surface area contributed by atoms with Crippen molar-refractivity contribution in [2.24, 2.45) is 0 Å². The van der Waals surface area contributed by atoms with E-state index in [2.05, 4.69) is 26.3 Å². The lowest BCUT2D eigenvalue weighted by Gasteiger charge is -2.47. The van der Waals surface area contributed by atoms with Crippen LogP contribution in [0.4, 0.5) is 0 Å². The molecule has 0 spiro atoms. The van der Waals surface area contributed by atoms with E-state index in [-0.39, 0.29) is 0 Å². The molecule has 5 heteroatoms. The second-order valence-corrected chi connectivity index (χ2v) is 11.3. The van der Waals surface area contributed by atoms with Gasteiger partial charge in [0.05, 0.1) is 0 Å². The summed E-state index contributed by atoms with van der Waals surface area (Å²) in [5.74, 6) is 0.747. The molecule has 4 aliphatic heterocycles. The Kier molecular flexibility index (Phi) is 4.76. The summed E-state index contributed by atoms with van der Waals surface area (Å²) >= 11 is 0. The highest BCUT2D eigenvalue weighted by atomic mass is 31.2. The third-order valence-corrected chi connectivity index (χ3v) is 11.2. The highest BCUT2D eigenvalue weighted by Gasteiger charge is 2.63. The molecule has 0 aromatic carbocycles. The summed E-state index contributed by atoms with van der Waals surface area (Å²) in [6.45, 7) is 10.5. The van der Waals surface area contributed by atoms with Crippen LogP contribution in [0.15, 0.2) is 0 Å². The van der Waals surface area contributed by atoms with Gasteiger partial charge in [-0.15, -0.1) is 14.0 Å². The van der Waals surface area contributed by atoms with E-state index in [1.165, 1.54) is 90.6 Å². The van der Waals surface area contributed by atoms with E-state index in [4.69, 9.17) is 0 Å². The Morgan fingerprint density at radius 3 is 1.41 bits per heavy atom. The number of nitrogens with zero attached hydrogens (tertiary/aromatic N) is 3. The van der Waals surface area contributed by atoms with Gasteiger partial charge in [0.2, 0.25) is 7.71 Å². The normalized spacial score (nSPS) is 35.9. The molecule has 2 unspecified atom stereocenters. The van der Waals surface area contributed by atoms with Crippen molar-refractivity contribution in [2.45, 2.75) is 70.1 Å². The van der Waals surface area contributed by atoms with E-state index in [0.717, 1.165) is 11.8 Å². The van der Waals surface area contributed by atoms with Crippen molar-refractivity contribution in [1.29, 1.82) is 0 Å². The monoisotopic (exact) mass is 325 g/mol. The summed E-state index contributed by atoms with van der Waals surface area (Å²) in [6, 6.07) is 0.720. The van der Waals surface area contributed by atoms with Crippen molar-refractivity contribution in [3.05, 3.63) is 0 Å². The minimum atomic E-state index is -1.34. The molecule has 4 aliphatic rings. The van der Waals surface area contributed by atoms with E-state index >= 15 is 0 Å². The zero-order valence-electron chi connectivity index (χ0n) is 14.3. The van der Waals surface area contributed by atoms with Crippen molar-refractivity contribution >= 4 is 7.71 Å². The molecule has 0 radical (unpaired) electrons. The highest BCUT2D eigenvalue weighted by Crippen LogP contribution is 2.74. The van der Waals surface area contributed by atoms with Crippen molar-refractivity contribution in [2.75, 3.05) is 39.3 Å². The molecule has 0 amide bonds. The van der Waals surface area contributed by atoms with Gasteiger partial charge in [0.1, 0.15) is 0 Å². The molecule has 0 aliphatic carbocycles. The predicted octanol–water partition coefficient (Wildman–Crippen LogP) is 3.13. The topological polar surface area (TPSA) is 21.8 Å². The summed E-state index contributed by atoms with van der Waals surface area (Å²) < 4.78 is 8.96. The number of rotatable bonds is 4. The van der Waals surface area contributed by atoms with Gasteiger partial charge in [-0.1, -0.05) is 0 Å². The Morgan fingerprint density at radius 2 is 1.09 bits per heavy atom. The first kappa shape index (κ1) is 15.8. The molecule has 0 bridgehead atoms. The van der Waals surface area contributed by atoms with Crippen LogP contribution in [0.5, 0.6) is 0 Å². The van der Waals surface area contributed by atoms with Gasteiger partial charge in [-0.25, -0.2) is 0 Å². The fraction of sp³-hybridized carbons (Fsp3) is 1.00. The average molecular weight is 325 g/mol. The highest BCUT2D eigenvalue weighted by molar-refractivity contribution is 7.69. The average Bonchev–Trinajstić information content (AvgIpc) is 3.31. The molecule has 22 heavy (non-hydrogen) atoms. The van der Waals surface area contributed by atoms with Gasteiger partial charge < -0.3 is 0 Å². The SMILES string of the molecule is CC1CCC([P+](N2CCCC2)(N2CCCC2)N2CCCC2)N1. The molecule has 4 heterocycles. The van der Waals surface area contributed by atoms with Gasteiger partial charge in [0.15, 0.2) is 5.78 Å². The van der Waals surface area contributed by atoms with Crippen molar-refractivity contribution < 1.29 is 0 Å². The molecule has 0 aromatic rings. The van der Waals surface area contributed by atoms with Crippen LogP contribution in [0.25, 0.3) is 0 Å². The van der Waals surface area contributed by atoms with E-state index in [0.29, 0.717) is 0 Å². The third kappa shape index (κ3) is 2.56. The second-order valence-electron chi connectivity index (χ2n) is 7.76. The summed E-state index contributed by atoms with van der Waals surface area (Å²) in [7, 11) is -1.34. The van der Waals surface area contributed by atoms with Gasteiger partial charge in [-0.2, -0.15) is 0 Å². The van der Waals surface area contributed by atoms with Crippen molar-refractivity contribution in [3.8, 4) is 0 Å². The molecular formula is C17H34N4P+. The first-order valence-electron chi connectivity index (χ1n) is 9.73. The maximum Gasteiger partial charge on any atom is 0.245 e. The quantitative estimate of drug-likeness (QED) is 0.802. The molecule has 126 valence electrons. The minimum absolute atomic E-state index is 0.720. The van der Waals surface area contributed by atoms with E-state index in [1.807, 2.05) is 0 Å². The summed E-state index contributed by atoms with van der Waals surface area (Å²) in [4.78, 5) is 0. The van der Waals surface area contributed by atoms with Gasteiger partial charge >= 0.3 is 0 Å². The van der Waals surface area contributed by atoms with Crippen LogP contribution in [0.3, 0.4) is 0 Å². The molecule has 1 N–H and O–H groups in total. The lowest BCUT2D eigenvalue weighted by molar-refractivity contribution is 0.353. The third-order valence-electron chi connectivity index (χ3n) is 6.26. The summed E-state index contributed by atoms with van der Waals surface area (Å²) in [6.07, 6.45) is 11.3. The fourth-order valence-corrected chi connectivity index (χ4v) is 11.1. The Balaban J connectivity index is 1.71. The molecule has 0 saturated carbocycles. The smallest absolute Gasteiger partial charge is 0.245 e. The zero-order valence-corrected chi connectivity index (χ0v) is 15.2. The number of nitrogens with one attached hydrogen (secondary N) is 1. The minimum Gasteiger partial charge on any atom is -0.276 e. The van der Waals surface area contributed by atoms with Crippen LogP contribution >= 0.6 is 7.71 Å². The molecule has 2 atom stereocenters. The second kappa shape index (κ2) is 6.64. The van der Waals surface area contributed by atoms with Crippen LogP contribution in [-0.4, -0.2) is 65.1 Å². The number of hydrogen-bond acceptors (Lipinski definition) is 4. The van der Waals surface area contributed by atoms with Crippen molar-refractivity contribution in [1.82, 2.24) is 19.3 Å². The van der Waals surface area contributed by atoms with E-state index in [9.17, 15) is 0 Å². The molecule has 4 saturated heterocycles. The van der Waals surface area contributed by atoms with Gasteiger partial charge in [0, 0.05) is 51.7 Å². The van der Waals surface area contributed by atoms with Crippen LogP contribution in [0.2, 0.25) is 0 Å². The molecule has 4 fully saturated rings. The Labute approximate surface area is 137 Å². The fourth-order valence-electron chi connectivity index (χ4n) is 5.29. The molecular weight excluding hydrogens is 291 g/mol. The van der Waals surface area contributed by atoms with Gasteiger partial charge in [-0.3, -0.25) is 5.32 Å². The predicted molar refractivity (Wildman–Crippen MR) is 95.0 cm³/mol. The standard InChI is InChI=1S/C17H34N4P/c1-16-8-9-17(18-16)22(19-10-2-3-11-19,20-12-4-5-13-20)21-14-6-7-15-21/h16-18H,2-15H2,1H3/q+1. The molecule has 0 aromatic heterocycles. The zero-order chi connectivity index (χ0) is 15.0. The maximum atomic E-state index is 4.05. The first-order valence-corrected chi connectivity index (χ1v) is 11.4. The van der Waals surface area contributed by atoms with E-state index < -0.39 is 7.71 Å². The summed E-state index contributed by atoms with van der Waals surface area (Å²) in [5, 5.41) is 4.05. The molecule has 4 nitrogen and oxygen atoms in total. The van der Waals surface area contributed by atoms with Gasteiger partial charge in [0.25, 0.3) is 0 Å². The first-order chi connectivity index (χ1) is 10.8. The summed E-state index contributed by atoms with van der Waals surface area (Å²) in [5.41, 5.74) is 0. The largest absolute Gasteiger partial charge is 0.276 e. The Morgan fingerprint density at radius 1 is 0.682 bits per heavy atom. The van der Waals surface area contributed by atoms with E-state index in [1.54, 1.807) is 0 Å².